The lowest BCUT2D eigenvalue weighted by Gasteiger charge is -2.29. The number of nitrogens with zero attached hydrogens (tertiary/aromatic N) is 2. The maximum atomic E-state index is 2.54. The molecule has 2 aliphatic rings. The minimum absolute atomic E-state index is 1.18. The SMILES string of the molecule is c1cc(N2CCCCC2)ccc1-c1ccc2ccc3c(-c4ccc(N5CCCCC5)cc4)ccc4ccc1c2c43.c1ccc(-c2cc(-c3ccccc3)cc(-c3ccc4ccc5c(-c6cc(-c7ccccc7)cc(-c7ccccc7)c6)ccc6ccc3c4c65)c2)cc1.c1ccc2c(-c3ccc4ccc5c(-c6cccc7ccccc67)ccc6ccc3c4c65)cccc2c1. The minimum Gasteiger partial charge on any atom is -0.372 e. The monoisotopic (exact) mass is 1630 g/mol. The lowest BCUT2D eigenvalue weighted by atomic mass is 9.85. The molecule has 2 aliphatic heterocycles. The molecule has 128 heavy (non-hydrogen) atoms. The molecule has 24 aromatic carbocycles. The highest BCUT2D eigenvalue weighted by molar-refractivity contribution is 6.31. The van der Waals surface area contributed by atoms with Crippen LogP contribution in [-0.4, -0.2) is 26.2 Å². The summed E-state index contributed by atoms with van der Waals surface area (Å²) in [7, 11) is 0. The average Bonchev–Trinajstić information content (AvgIpc) is 0.729. The molecule has 26 rings (SSSR count). The molecular formula is C126H92N2. The van der Waals surface area contributed by atoms with Gasteiger partial charge in [-0.05, 0) is 329 Å². The van der Waals surface area contributed by atoms with E-state index in [9.17, 15) is 0 Å². The van der Waals surface area contributed by atoms with E-state index in [1.807, 2.05) is 0 Å². The Bertz CT molecular complexity index is 7650. The van der Waals surface area contributed by atoms with Gasteiger partial charge in [0.2, 0.25) is 0 Å². The van der Waals surface area contributed by atoms with Gasteiger partial charge in [-0.2, -0.15) is 0 Å². The summed E-state index contributed by atoms with van der Waals surface area (Å²) in [5, 5.41) is 28.9. The largest absolute Gasteiger partial charge is 0.372 e. The molecule has 0 aliphatic carbocycles. The molecule has 0 atom stereocenters. The molecule has 0 aromatic heterocycles. The molecule has 0 saturated carbocycles. The number of piperidine rings is 2. The smallest absolute Gasteiger partial charge is 0.0366 e. The van der Waals surface area contributed by atoms with Crippen molar-refractivity contribution in [3.05, 3.63) is 437 Å². The molecule has 2 heterocycles. The third-order valence-electron chi connectivity index (χ3n) is 27.9. The molecule has 2 heteroatoms. The topological polar surface area (TPSA) is 6.48 Å². The van der Waals surface area contributed by atoms with Crippen LogP contribution < -0.4 is 9.80 Å². The fourth-order valence-electron chi connectivity index (χ4n) is 21.6. The Hall–Kier alpha value is -15.5. The van der Waals surface area contributed by atoms with E-state index in [1.165, 1.54) is 306 Å². The minimum atomic E-state index is 1.18. The van der Waals surface area contributed by atoms with E-state index in [4.69, 9.17) is 0 Å². The highest BCUT2D eigenvalue weighted by Crippen LogP contribution is 2.50. The van der Waals surface area contributed by atoms with Crippen LogP contribution in [0.3, 0.4) is 0 Å². The Morgan fingerprint density at radius 3 is 0.648 bits per heavy atom. The van der Waals surface area contributed by atoms with Crippen LogP contribution >= 0.6 is 0 Å². The molecule has 2 saturated heterocycles. The second-order valence-electron chi connectivity index (χ2n) is 35.3. The first-order valence-corrected chi connectivity index (χ1v) is 45.8. The van der Waals surface area contributed by atoms with Crippen LogP contribution in [0.1, 0.15) is 38.5 Å². The molecule has 2 fully saturated rings. The third kappa shape index (κ3) is 13.7. The highest BCUT2D eigenvalue weighted by Gasteiger charge is 2.23. The van der Waals surface area contributed by atoms with E-state index in [2.05, 4.69) is 447 Å². The maximum absolute atomic E-state index is 2.54. The van der Waals surface area contributed by atoms with Gasteiger partial charge in [0.15, 0.2) is 0 Å². The number of anilines is 2. The number of benzene rings is 24. The lowest BCUT2D eigenvalue weighted by molar-refractivity contribution is 0.578. The summed E-state index contributed by atoms with van der Waals surface area (Å²) in [6.45, 7) is 4.73. The van der Waals surface area contributed by atoms with E-state index in [0.717, 1.165) is 0 Å². The van der Waals surface area contributed by atoms with Gasteiger partial charge in [-0.3, -0.25) is 0 Å². The van der Waals surface area contributed by atoms with Crippen LogP contribution in [0.2, 0.25) is 0 Å². The first-order chi connectivity index (χ1) is 63.5. The zero-order valence-corrected chi connectivity index (χ0v) is 71.5. The second kappa shape index (κ2) is 32.6. The van der Waals surface area contributed by atoms with Crippen molar-refractivity contribution in [3.63, 3.8) is 0 Å². The van der Waals surface area contributed by atoms with Crippen LogP contribution in [-0.2, 0) is 0 Å². The number of rotatable bonds is 12. The Labute approximate surface area is 747 Å². The molecule has 0 bridgehead atoms. The lowest BCUT2D eigenvalue weighted by Crippen LogP contribution is -2.29. The summed E-state index contributed by atoms with van der Waals surface area (Å²) in [6.07, 6.45) is 7.96. The maximum Gasteiger partial charge on any atom is 0.0366 e. The molecule has 0 N–H and O–H groups in total. The van der Waals surface area contributed by atoms with Crippen molar-refractivity contribution >= 4 is 130 Å². The van der Waals surface area contributed by atoms with Crippen LogP contribution in [0.15, 0.2) is 437 Å². The van der Waals surface area contributed by atoms with Gasteiger partial charge in [0.25, 0.3) is 0 Å². The van der Waals surface area contributed by atoms with Crippen molar-refractivity contribution in [2.45, 2.75) is 38.5 Å². The fraction of sp³-hybridized carbons (Fsp3) is 0.0794. The van der Waals surface area contributed by atoms with Crippen LogP contribution in [0.25, 0.3) is 230 Å². The van der Waals surface area contributed by atoms with Gasteiger partial charge in [-0.15, -0.1) is 0 Å². The zero-order valence-electron chi connectivity index (χ0n) is 71.5. The predicted octanol–water partition coefficient (Wildman–Crippen LogP) is 34.7. The van der Waals surface area contributed by atoms with E-state index < -0.39 is 0 Å². The summed E-state index contributed by atoms with van der Waals surface area (Å²) in [6, 6.07) is 162. The van der Waals surface area contributed by atoms with Gasteiger partial charge in [0.1, 0.15) is 0 Å². The van der Waals surface area contributed by atoms with Crippen molar-refractivity contribution in [2.24, 2.45) is 0 Å². The predicted molar refractivity (Wildman–Crippen MR) is 552 cm³/mol. The molecule has 0 radical (unpaired) electrons. The molecule has 24 aromatic rings. The second-order valence-corrected chi connectivity index (χ2v) is 35.3. The first-order valence-electron chi connectivity index (χ1n) is 45.8. The molecule has 0 unspecified atom stereocenters. The van der Waals surface area contributed by atoms with Gasteiger partial charge in [-0.25, -0.2) is 0 Å². The van der Waals surface area contributed by atoms with Crippen LogP contribution in [0, 0.1) is 0 Å². The van der Waals surface area contributed by atoms with E-state index in [1.54, 1.807) is 0 Å². The standard InChI is InChI=1S/C52H34.C38H36N2.C36H22/c1-5-13-35(14-6-1)41-29-42(36-15-7-2-8-16-36)32-45(31-41)47-25-21-39-24-28-50-48(26-22-40-23-27-49(47)51(39)52(40)50)46-33-43(37-17-9-3-10-18-37)30-44(34-46)38-19-11-4-12-20-38;1-3-23-39(24-4-1)31-15-7-27(8-16-31)33-19-11-29-14-22-36-34(20-12-30-13-21-35(33)37(29)38(30)36)28-9-17-32(18-10-28)40-25-5-2-6-26-40;1-3-11-27-23(7-1)9-5-13-29(27)31-19-15-25-18-22-34-32(20-16-26-17-21-33(31)35(25)36(26)34)30-14-6-10-24-8-2-4-12-28(24)30/h1-34H;7-22H,1-6,23-26H2;1-22H. The van der Waals surface area contributed by atoms with Crippen molar-refractivity contribution in [2.75, 3.05) is 36.0 Å². The Morgan fingerprint density at radius 2 is 0.352 bits per heavy atom. The van der Waals surface area contributed by atoms with Crippen LogP contribution in [0.4, 0.5) is 11.4 Å². The van der Waals surface area contributed by atoms with Crippen molar-refractivity contribution < 1.29 is 0 Å². The number of fused-ring (bicyclic) bond motifs is 2. The summed E-state index contributed by atoms with van der Waals surface area (Å²) >= 11 is 0. The molecule has 0 spiro atoms. The number of hydrogen-bond acceptors (Lipinski definition) is 2. The van der Waals surface area contributed by atoms with Gasteiger partial charge in [-0.1, -0.05) is 376 Å². The summed E-state index contributed by atoms with van der Waals surface area (Å²) < 4.78 is 0. The van der Waals surface area contributed by atoms with Crippen molar-refractivity contribution in [3.8, 4) is 111 Å². The van der Waals surface area contributed by atoms with Gasteiger partial charge in [0.05, 0.1) is 0 Å². The van der Waals surface area contributed by atoms with E-state index >= 15 is 0 Å². The molecule has 606 valence electrons. The fourth-order valence-corrected chi connectivity index (χ4v) is 21.6. The Kier molecular flexibility index (Phi) is 19.4. The van der Waals surface area contributed by atoms with Crippen molar-refractivity contribution in [1.82, 2.24) is 0 Å². The number of hydrogen-bond donors (Lipinski definition) is 0. The van der Waals surface area contributed by atoms with Crippen LogP contribution in [0.5, 0.6) is 0 Å². The average molecular weight is 1630 g/mol. The van der Waals surface area contributed by atoms with Gasteiger partial charge in [0, 0.05) is 37.6 Å². The van der Waals surface area contributed by atoms with Gasteiger partial charge >= 0.3 is 0 Å². The summed E-state index contributed by atoms with van der Waals surface area (Å²) in [5.74, 6) is 0. The van der Waals surface area contributed by atoms with Gasteiger partial charge < -0.3 is 9.80 Å². The third-order valence-corrected chi connectivity index (χ3v) is 27.9. The first kappa shape index (κ1) is 76.2. The van der Waals surface area contributed by atoms with E-state index in [0.29, 0.717) is 0 Å². The molecule has 0 amide bonds. The van der Waals surface area contributed by atoms with Crippen molar-refractivity contribution in [1.29, 1.82) is 0 Å². The summed E-state index contributed by atoms with van der Waals surface area (Å²) in [4.78, 5) is 5.08. The van der Waals surface area contributed by atoms with E-state index in [-0.39, 0.29) is 0 Å². The summed E-state index contributed by atoms with van der Waals surface area (Å²) in [5.41, 5.74) is 27.8. The molecular weight excluding hydrogens is 1540 g/mol. The zero-order chi connectivity index (χ0) is 84.5. The highest BCUT2D eigenvalue weighted by atomic mass is 15.1. The Morgan fingerprint density at radius 1 is 0.125 bits per heavy atom. The quantitative estimate of drug-likeness (QED) is 0.113. The molecule has 2 nitrogen and oxygen atoms in total. The normalized spacial score (nSPS) is 13.1. The Balaban J connectivity index is 0.000000109.